The van der Waals surface area contributed by atoms with E-state index >= 15 is 0 Å². The Morgan fingerprint density at radius 2 is 2.13 bits per heavy atom. The van der Waals surface area contributed by atoms with Gasteiger partial charge in [0.25, 0.3) is 0 Å². The summed E-state index contributed by atoms with van der Waals surface area (Å²) in [5.74, 6) is 0.812. The topological polar surface area (TPSA) is 20.1 Å². The smallest absolute Gasteiger partial charge is 0.239 e. The Kier molecular flexibility index (Phi) is 2.86. The van der Waals surface area contributed by atoms with Gasteiger partial charge in [-0.15, -0.1) is 6.58 Å². The summed E-state index contributed by atoms with van der Waals surface area (Å²) in [6.07, 6.45) is 6.41. The maximum atomic E-state index is 7.90. The lowest BCUT2D eigenvalue weighted by Crippen LogP contribution is -2.49. The third kappa shape index (κ3) is 1.68. The normalized spacial score (nSPS) is 34.6. The van der Waals surface area contributed by atoms with Gasteiger partial charge in [-0.3, -0.25) is 0 Å². The third-order valence-corrected chi connectivity index (χ3v) is 6.77. The van der Waals surface area contributed by atoms with Crippen LogP contribution < -0.4 is 0 Å². The Hall–Kier alpha value is -2.01. The van der Waals surface area contributed by atoms with Crippen molar-refractivity contribution >= 4 is 10.9 Å². The maximum Gasteiger partial charge on any atom is 0.239 e. The van der Waals surface area contributed by atoms with Crippen LogP contribution in [0.3, 0.4) is 0 Å². The molecule has 2 heteroatoms. The first-order valence-corrected chi connectivity index (χ1v) is 8.54. The number of fused-ring (bicyclic) bond motifs is 2. The number of aromatic amines is 1. The van der Waals surface area contributed by atoms with E-state index in [1.807, 2.05) is 6.08 Å². The first kappa shape index (κ1) is 14.6. The Balaban J connectivity index is 2.02. The molecule has 4 atom stereocenters. The summed E-state index contributed by atoms with van der Waals surface area (Å²) in [6.45, 7) is 18.9. The molecule has 23 heavy (non-hydrogen) atoms. The molecule has 0 spiro atoms. The number of nitrogens with one attached hydrogen (secondary N) is 1. The minimum absolute atomic E-state index is 0.0228. The van der Waals surface area contributed by atoms with E-state index in [1.165, 1.54) is 22.0 Å². The molecule has 1 fully saturated rings. The largest absolute Gasteiger partial charge is 0.361 e. The molecule has 4 rings (SSSR count). The molecule has 2 aliphatic rings. The van der Waals surface area contributed by atoms with Gasteiger partial charge < -0.3 is 9.83 Å². The molecule has 0 saturated heterocycles. The van der Waals surface area contributed by atoms with Gasteiger partial charge in [0.2, 0.25) is 6.04 Å². The Morgan fingerprint density at radius 1 is 1.35 bits per heavy atom. The van der Waals surface area contributed by atoms with Crippen LogP contribution in [0.1, 0.15) is 50.7 Å². The van der Waals surface area contributed by atoms with Gasteiger partial charge in [0.15, 0.2) is 0 Å². The van der Waals surface area contributed by atoms with E-state index in [4.69, 9.17) is 6.57 Å². The Labute approximate surface area is 138 Å². The highest BCUT2D eigenvalue weighted by Crippen LogP contribution is 2.59. The van der Waals surface area contributed by atoms with Crippen LogP contribution in [0, 0.1) is 17.9 Å². The number of nitrogens with zero attached hydrogens (tertiary/aromatic N) is 1. The molecule has 0 bridgehead atoms. The maximum absolute atomic E-state index is 7.90. The lowest BCUT2D eigenvalue weighted by atomic mass is 9.51. The lowest BCUT2D eigenvalue weighted by molar-refractivity contribution is 0.119. The van der Waals surface area contributed by atoms with Gasteiger partial charge in [-0.2, -0.15) is 0 Å². The van der Waals surface area contributed by atoms with Gasteiger partial charge in [0.1, 0.15) is 0 Å². The van der Waals surface area contributed by atoms with Crippen LogP contribution in [0.4, 0.5) is 0 Å². The monoisotopic (exact) mass is 304 g/mol. The van der Waals surface area contributed by atoms with Crippen molar-refractivity contribution in [3.05, 3.63) is 59.6 Å². The Bertz CT molecular complexity index is 835. The highest BCUT2D eigenvalue weighted by molar-refractivity contribution is 5.89. The van der Waals surface area contributed by atoms with Crippen molar-refractivity contribution in [2.45, 2.75) is 51.0 Å². The standard InChI is InChI=1S/C21H24N2/c1-6-21(4)11-10-15-18(19(21)22-5)13-12-23-16-9-7-8-14(17(13)16)20(15,2)3/h6-9,12,15,18-19,23H,1,10-11H2,2-4H3/t15-,18+,19-,21-/m0/s1. The molecule has 0 amide bonds. The molecular formula is C21H24N2. The van der Waals surface area contributed by atoms with Crippen LogP contribution in [-0.2, 0) is 5.41 Å². The van der Waals surface area contributed by atoms with E-state index < -0.39 is 0 Å². The van der Waals surface area contributed by atoms with Gasteiger partial charge >= 0.3 is 0 Å². The zero-order chi connectivity index (χ0) is 16.4. The van der Waals surface area contributed by atoms with E-state index in [0.717, 1.165) is 12.8 Å². The quantitative estimate of drug-likeness (QED) is 0.535. The number of benzene rings is 1. The summed E-state index contributed by atoms with van der Waals surface area (Å²) in [6, 6.07) is 6.57. The van der Waals surface area contributed by atoms with Gasteiger partial charge in [0.05, 0.1) is 11.3 Å². The van der Waals surface area contributed by atoms with Gasteiger partial charge in [-0.1, -0.05) is 32.1 Å². The number of aromatic nitrogens is 1. The van der Waals surface area contributed by atoms with Crippen LogP contribution >= 0.6 is 0 Å². The predicted octanol–water partition coefficient (Wildman–Crippen LogP) is 5.43. The second-order valence-electron chi connectivity index (χ2n) is 8.15. The highest BCUT2D eigenvalue weighted by atomic mass is 14.8. The number of rotatable bonds is 1. The van der Waals surface area contributed by atoms with E-state index in [-0.39, 0.29) is 16.9 Å². The molecule has 2 aliphatic carbocycles. The van der Waals surface area contributed by atoms with Gasteiger partial charge in [-0.25, -0.2) is 6.57 Å². The number of H-pyrrole nitrogens is 1. The molecule has 0 aliphatic heterocycles. The fourth-order valence-corrected chi connectivity index (χ4v) is 5.28. The second kappa shape index (κ2) is 4.51. The summed E-state index contributed by atoms with van der Waals surface area (Å²) in [7, 11) is 0. The first-order chi connectivity index (χ1) is 10.9. The van der Waals surface area contributed by atoms with Crippen LogP contribution in [0.2, 0.25) is 0 Å². The fourth-order valence-electron chi connectivity index (χ4n) is 5.28. The summed E-state index contributed by atoms with van der Waals surface area (Å²) < 4.78 is 0. The van der Waals surface area contributed by atoms with Crippen LogP contribution in [0.15, 0.2) is 37.1 Å². The number of hydrogen-bond donors (Lipinski definition) is 1. The molecular weight excluding hydrogens is 280 g/mol. The molecule has 1 aromatic carbocycles. The molecule has 2 aromatic rings. The third-order valence-electron chi connectivity index (χ3n) is 6.77. The molecule has 0 radical (unpaired) electrons. The minimum Gasteiger partial charge on any atom is -0.361 e. The molecule has 2 nitrogen and oxygen atoms in total. The van der Waals surface area contributed by atoms with E-state index in [9.17, 15) is 0 Å². The highest BCUT2D eigenvalue weighted by Gasteiger charge is 2.57. The molecule has 1 heterocycles. The fraction of sp³-hybridized carbons (Fsp3) is 0.476. The van der Waals surface area contributed by atoms with Crippen LogP contribution in [0.25, 0.3) is 15.7 Å². The Morgan fingerprint density at radius 3 is 2.83 bits per heavy atom. The lowest BCUT2D eigenvalue weighted by Gasteiger charge is -2.50. The number of hydrogen-bond acceptors (Lipinski definition) is 0. The summed E-state index contributed by atoms with van der Waals surface area (Å²) >= 11 is 0. The van der Waals surface area contributed by atoms with Crippen molar-refractivity contribution in [3.63, 3.8) is 0 Å². The van der Waals surface area contributed by atoms with Crippen molar-refractivity contribution in [1.29, 1.82) is 0 Å². The SMILES string of the molecule is [C-]#[N+][C@H]1[C@@H]2c3c[nH]c4cccc(c34)C(C)(C)[C@H]2CC[C@]1(C)C=C. The molecule has 1 N–H and O–H groups in total. The first-order valence-electron chi connectivity index (χ1n) is 8.54. The zero-order valence-electron chi connectivity index (χ0n) is 14.2. The van der Waals surface area contributed by atoms with E-state index in [2.05, 4.69) is 61.6 Å². The molecule has 1 saturated carbocycles. The minimum atomic E-state index is -0.0884. The average molecular weight is 304 g/mol. The van der Waals surface area contributed by atoms with Gasteiger partial charge in [-0.05, 0) is 48.3 Å². The van der Waals surface area contributed by atoms with Crippen molar-refractivity contribution in [2.24, 2.45) is 11.3 Å². The van der Waals surface area contributed by atoms with E-state index in [1.54, 1.807) is 0 Å². The molecule has 1 aromatic heterocycles. The van der Waals surface area contributed by atoms with Crippen molar-refractivity contribution in [1.82, 2.24) is 4.98 Å². The van der Waals surface area contributed by atoms with Crippen molar-refractivity contribution in [2.75, 3.05) is 0 Å². The summed E-state index contributed by atoms with van der Waals surface area (Å²) in [5.41, 5.74) is 4.02. The van der Waals surface area contributed by atoms with Gasteiger partial charge in [0, 0.05) is 17.1 Å². The summed E-state index contributed by atoms with van der Waals surface area (Å²) in [4.78, 5) is 7.58. The van der Waals surface area contributed by atoms with E-state index in [0.29, 0.717) is 11.8 Å². The zero-order valence-corrected chi connectivity index (χ0v) is 14.2. The van der Waals surface area contributed by atoms with Crippen LogP contribution in [0.5, 0.6) is 0 Å². The van der Waals surface area contributed by atoms with Crippen molar-refractivity contribution in [3.8, 4) is 0 Å². The second-order valence-corrected chi connectivity index (χ2v) is 8.15. The average Bonchev–Trinajstić information content (AvgIpc) is 2.97. The summed E-state index contributed by atoms with van der Waals surface area (Å²) in [5, 5.41) is 1.36. The van der Waals surface area contributed by atoms with Crippen LogP contribution in [-0.4, -0.2) is 11.0 Å². The predicted molar refractivity (Wildman–Crippen MR) is 95.5 cm³/mol. The molecule has 118 valence electrons. The molecule has 0 unspecified atom stereocenters. The van der Waals surface area contributed by atoms with Crippen molar-refractivity contribution < 1.29 is 0 Å².